The van der Waals surface area contributed by atoms with Crippen molar-refractivity contribution in [1.82, 2.24) is 0 Å². The summed E-state index contributed by atoms with van der Waals surface area (Å²) in [4.78, 5) is 20.1. The van der Waals surface area contributed by atoms with Crippen molar-refractivity contribution in [2.24, 2.45) is 5.73 Å². The molecule has 0 radical (unpaired) electrons. The molecular formula is C9H5FN2O3. The Kier molecular flexibility index (Phi) is 2.98. The van der Waals surface area contributed by atoms with Gasteiger partial charge in [0, 0.05) is 12.0 Å². The number of amides is 1. The van der Waals surface area contributed by atoms with Crippen molar-refractivity contribution in [3.63, 3.8) is 0 Å². The quantitative estimate of drug-likeness (QED) is 0.415. The third-order valence-electron chi connectivity index (χ3n) is 1.48. The Balaban J connectivity index is 3.27. The molecule has 2 N–H and O–H groups in total. The summed E-state index contributed by atoms with van der Waals surface area (Å²) in [7, 11) is 0. The number of hydrogen-bond acceptors (Lipinski definition) is 3. The van der Waals surface area contributed by atoms with Gasteiger partial charge in [-0.2, -0.15) is 0 Å². The Morgan fingerprint density at radius 1 is 1.53 bits per heavy atom. The van der Waals surface area contributed by atoms with Gasteiger partial charge in [0.05, 0.1) is 4.92 Å². The van der Waals surface area contributed by atoms with Crippen LogP contribution in [0.4, 0.5) is 10.1 Å². The summed E-state index contributed by atoms with van der Waals surface area (Å²) in [6.07, 6.45) is 0. The molecule has 0 saturated carbocycles. The molecule has 76 valence electrons. The summed E-state index contributed by atoms with van der Waals surface area (Å²) in [6, 6.07) is 2.78. The van der Waals surface area contributed by atoms with Crippen LogP contribution in [0.1, 0.15) is 5.56 Å². The molecule has 1 aromatic carbocycles. The molecular weight excluding hydrogens is 203 g/mol. The average Bonchev–Trinajstić information content (AvgIpc) is 2.14. The Morgan fingerprint density at radius 2 is 2.20 bits per heavy atom. The number of nitrogens with two attached hydrogens (primary N) is 1. The lowest BCUT2D eigenvalue weighted by atomic mass is 10.2. The summed E-state index contributed by atoms with van der Waals surface area (Å²) >= 11 is 0. The van der Waals surface area contributed by atoms with E-state index in [4.69, 9.17) is 5.73 Å². The molecule has 15 heavy (non-hydrogen) atoms. The van der Waals surface area contributed by atoms with E-state index in [1.54, 1.807) is 0 Å². The predicted molar refractivity (Wildman–Crippen MR) is 49.1 cm³/mol. The van der Waals surface area contributed by atoms with Crippen LogP contribution in [0.3, 0.4) is 0 Å². The fourth-order valence-corrected chi connectivity index (χ4v) is 0.897. The van der Waals surface area contributed by atoms with Crippen LogP contribution in [-0.4, -0.2) is 10.8 Å². The van der Waals surface area contributed by atoms with E-state index < -0.39 is 16.6 Å². The number of nitro groups is 1. The van der Waals surface area contributed by atoms with Crippen molar-refractivity contribution in [2.75, 3.05) is 0 Å². The standard InChI is InChI=1S/C9H5FN2O3/c10-7-2-3-8(12(14)15)6(5-7)1-4-9(11)13/h2-3,5H,(H2,11,13). The first-order chi connectivity index (χ1) is 7.00. The molecule has 1 rings (SSSR count). The van der Waals surface area contributed by atoms with Gasteiger partial charge in [-0.15, -0.1) is 0 Å². The summed E-state index contributed by atoms with van der Waals surface area (Å²) < 4.78 is 12.7. The van der Waals surface area contributed by atoms with Crippen LogP contribution in [0, 0.1) is 27.8 Å². The monoisotopic (exact) mass is 208 g/mol. The second-order valence-electron chi connectivity index (χ2n) is 2.53. The minimum Gasteiger partial charge on any atom is -0.359 e. The minimum atomic E-state index is -0.937. The van der Waals surface area contributed by atoms with E-state index in [9.17, 15) is 19.3 Å². The Labute approximate surface area is 83.8 Å². The van der Waals surface area contributed by atoms with Crippen LogP contribution in [0.15, 0.2) is 18.2 Å². The van der Waals surface area contributed by atoms with Crippen LogP contribution in [0.5, 0.6) is 0 Å². The molecule has 0 fully saturated rings. The smallest absolute Gasteiger partial charge is 0.293 e. The van der Waals surface area contributed by atoms with Gasteiger partial charge in [-0.1, -0.05) is 0 Å². The van der Waals surface area contributed by atoms with Gasteiger partial charge in [-0.25, -0.2) is 4.39 Å². The molecule has 5 nitrogen and oxygen atoms in total. The highest BCUT2D eigenvalue weighted by Crippen LogP contribution is 2.17. The molecule has 6 heteroatoms. The van der Waals surface area contributed by atoms with Crippen LogP contribution in [0.2, 0.25) is 0 Å². The summed E-state index contributed by atoms with van der Waals surface area (Å²) in [5, 5.41) is 10.5. The van der Waals surface area contributed by atoms with Gasteiger partial charge in [0.1, 0.15) is 11.4 Å². The minimum absolute atomic E-state index is 0.182. The van der Waals surface area contributed by atoms with Gasteiger partial charge >= 0.3 is 0 Å². The number of nitro benzene ring substituents is 1. The first-order valence-corrected chi connectivity index (χ1v) is 3.76. The second kappa shape index (κ2) is 4.19. The van der Waals surface area contributed by atoms with Gasteiger partial charge < -0.3 is 5.73 Å². The Hall–Kier alpha value is -2.42. The largest absolute Gasteiger partial charge is 0.359 e. The molecule has 0 bridgehead atoms. The van der Waals surface area contributed by atoms with Crippen molar-refractivity contribution in [2.45, 2.75) is 0 Å². The highest BCUT2D eigenvalue weighted by molar-refractivity contribution is 5.92. The molecule has 0 aromatic heterocycles. The first-order valence-electron chi connectivity index (χ1n) is 3.76. The van der Waals surface area contributed by atoms with Gasteiger partial charge in [0.25, 0.3) is 11.6 Å². The van der Waals surface area contributed by atoms with E-state index in [0.29, 0.717) is 0 Å². The lowest BCUT2D eigenvalue weighted by Gasteiger charge is -1.94. The number of halogens is 1. The van der Waals surface area contributed by atoms with Crippen molar-refractivity contribution in [3.8, 4) is 11.8 Å². The zero-order chi connectivity index (χ0) is 11.4. The SMILES string of the molecule is NC(=O)C#Cc1cc(F)ccc1[N+](=O)[O-]. The molecule has 0 unspecified atom stereocenters. The number of hydrogen-bond donors (Lipinski definition) is 1. The van der Waals surface area contributed by atoms with Gasteiger partial charge in [0.15, 0.2) is 0 Å². The lowest BCUT2D eigenvalue weighted by molar-refractivity contribution is -0.385. The normalized spacial score (nSPS) is 8.87. The van der Waals surface area contributed by atoms with Gasteiger partial charge in [0.2, 0.25) is 0 Å². The van der Waals surface area contributed by atoms with Crippen LogP contribution >= 0.6 is 0 Å². The fourth-order valence-electron chi connectivity index (χ4n) is 0.897. The van der Waals surface area contributed by atoms with Crippen molar-refractivity contribution < 1.29 is 14.1 Å². The Bertz CT molecular complexity index is 488. The van der Waals surface area contributed by atoms with E-state index in [1.165, 1.54) is 0 Å². The number of primary amides is 1. The first kappa shape index (κ1) is 10.7. The zero-order valence-electron chi connectivity index (χ0n) is 7.36. The second-order valence-corrected chi connectivity index (χ2v) is 2.53. The number of benzene rings is 1. The van der Waals surface area contributed by atoms with Crippen LogP contribution in [-0.2, 0) is 4.79 Å². The maximum Gasteiger partial charge on any atom is 0.293 e. The number of carbonyl (C=O) groups is 1. The highest BCUT2D eigenvalue weighted by atomic mass is 19.1. The third kappa shape index (κ3) is 2.77. The molecule has 0 atom stereocenters. The molecule has 0 aliphatic rings. The zero-order valence-corrected chi connectivity index (χ0v) is 7.36. The maximum absolute atomic E-state index is 12.7. The van der Waals surface area contributed by atoms with Crippen molar-refractivity contribution in [1.29, 1.82) is 0 Å². The number of carbonyl (C=O) groups excluding carboxylic acids is 1. The molecule has 0 aliphatic carbocycles. The molecule has 1 amide bonds. The van der Waals surface area contributed by atoms with Crippen LogP contribution < -0.4 is 5.73 Å². The summed E-state index contributed by atoms with van der Waals surface area (Å²) in [5.74, 6) is 2.42. The van der Waals surface area contributed by atoms with Gasteiger partial charge in [-0.05, 0) is 18.1 Å². The molecule has 0 saturated heterocycles. The van der Waals surface area contributed by atoms with E-state index >= 15 is 0 Å². The molecule has 1 aromatic rings. The number of rotatable bonds is 1. The van der Waals surface area contributed by atoms with Crippen molar-refractivity contribution in [3.05, 3.63) is 39.7 Å². The van der Waals surface area contributed by atoms with E-state index in [2.05, 4.69) is 5.92 Å². The fraction of sp³-hybridized carbons (Fsp3) is 0. The van der Waals surface area contributed by atoms with E-state index in [0.717, 1.165) is 18.2 Å². The molecule has 0 spiro atoms. The highest BCUT2D eigenvalue weighted by Gasteiger charge is 2.12. The molecule has 0 aliphatic heterocycles. The predicted octanol–water partition coefficient (Wildman–Crippen LogP) is 0.571. The Morgan fingerprint density at radius 3 is 2.73 bits per heavy atom. The van der Waals surface area contributed by atoms with E-state index in [-0.39, 0.29) is 11.3 Å². The third-order valence-corrected chi connectivity index (χ3v) is 1.48. The van der Waals surface area contributed by atoms with Crippen molar-refractivity contribution >= 4 is 11.6 Å². The summed E-state index contributed by atoms with van der Waals surface area (Å²) in [6.45, 7) is 0. The van der Waals surface area contributed by atoms with Gasteiger partial charge in [-0.3, -0.25) is 14.9 Å². The maximum atomic E-state index is 12.7. The molecule has 0 heterocycles. The average molecular weight is 208 g/mol. The van der Waals surface area contributed by atoms with E-state index in [1.807, 2.05) is 5.92 Å². The lowest BCUT2D eigenvalue weighted by Crippen LogP contribution is -2.06. The summed E-state index contributed by atoms with van der Waals surface area (Å²) in [5.41, 5.74) is 4.18. The number of nitrogens with zero attached hydrogens (tertiary/aromatic N) is 1. The van der Waals surface area contributed by atoms with Crippen LogP contribution in [0.25, 0.3) is 0 Å². The topological polar surface area (TPSA) is 86.2 Å².